The number of benzene rings is 1. The maximum Gasteiger partial charge on any atom is 0.244 e. The van der Waals surface area contributed by atoms with Gasteiger partial charge in [0.15, 0.2) is 0 Å². The number of rotatable bonds is 3. The van der Waals surface area contributed by atoms with E-state index in [9.17, 15) is 9.90 Å². The van der Waals surface area contributed by atoms with Gasteiger partial charge in [0.05, 0.1) is 19.3 Å². The van der Waals surface area contributed by atoms with Crippen molar-refractivity contribution < 1.29 is 14.6 Å². The van der Waals surface area contributed by atoms with Crippen LogP contribution in [0.3, 0.4) is 0 Å². The van der Waals surface area contributed by atoms with Gasteiger partial charge in [0.2, 0.25) is 5.91 Å². The Morgan fingerprint density at radius 2 is 2.16 bits per heavy atom. The molecule has 0 bridgehead atoms. The van der Waals surface area contributed by atoms with E-state index in [1.807, 2.05) is 29.2 Å². The summed E-state index contributed by atoms with van der Waals surface area (Å²) in [6, 6.07) is 7.34. The third kappa shape index (κ3) is 3.05. The molecule has 19 heavy (non-hydrogen) atoms. The zero-order valence-electron chi connectivity index (χ0n) is 11.3. The highest BCUT2D eigenvalue weighted by molar-refractivity contribution is 5.85. The summed E-state index contributed by atoms with van der Waals surface area (Å²) in [5.41, 5.74) is 1.84. The minimum atomic E-state index is -0.478. The van der Waals surface area contributed by atoms with Crippen LogP contribution in [-0.2, 0) is 9.53 Å². The summed E-state index contributed by atoms with van der Waals surface area (Å²) in [6.45, 7) is 3.44. The molecule has 0 aliphatic carbocycles. The summed E-state index contributed by atoms with van der Waals surface area (Å²) in [5.74, 6) is -0.0423. The molecule has 2 N–H and O–H groups in total. The highest BCUT2D eigenvalue weighted by atomic mass is 16.5. The predicted octanol–water partition coefficient (Wildman–Crippen LogP) is 0.691. The molecule has 0 saturated carbocycles. The van der Waals surface area contributed by atoms with Crippen molar-refractivity contribution in [2.24, 2.45) is 0 Å². The molecule has 0 radical (unpaired) electrons. The lowest BCUT2D eigenvalue weighted by molar-refractivity contribution is -0.124. The molecule has 0 aromatic heterocycles. The smallest absolute Gasteiger partial charge is 0.244 e. The van der Waals surface area contributed by atoms with Gasteiger partial charge in [0, 0.05) is 19.3 Å². The number of hydrogen-bond donors (Lipinski definition) is 2. The van der Waals surface area contributed by atoms with Crippen molar-refractivity contribution in [2.75, 3.05) is 31.7 Å². The number of aliphatic hydroxyl groups is 1. The number of nitrogens with one attached hydrogen (secondary N) is 1. The third-order valence-corrected chi connectivity index (χ3v) is 3.38. The number of hydrogen-bond acceptors (Lipinski definition) is 4. The molecular weight excluding hydrogens is 244 g/mol. The summed E-state index contributed by atoms with van der Waals surface area (Å²) in [5, 5.41) is 12.2. The van der Waals surface area contributed by atoms with Gasteiger partial charge in [0.25, 0.3) is 0 Å². The summed E-state index contributed by atoms with van der Waals surface area (Å²) < 4.78 is 5.38. The maximum absolute atomic E-state index is 11.9. The Balaban J connectivity index is 2.19. The summed E-state index contributed by atoms with van der Waals surface area (Å²) in [6.07, 6.45) is -0.478. The Kier molecular flexibility index (Phi) is 4.39. The predicted molar refractivity (Wildman–Crippen MR) is 73.1 cm³/mol. The van der Waals surface area contributed by atoms with Crippen LogP contribution in [0.25, 0.3) is 0 Å². The first-order valence-electron chi connectivity index (χ1n) is 6.47. The van der Waals surface area contributed by atoms with E-state index in [4.69, 9.17) is 4.74 Å². The summed E-state index contributed by atoms with van der Waals surface area (Å²) >= 11 is 0. The van der Waals surface area contributed by atoms with Crippen LogP contribution >= 0.6 is 0 Å². The second-order valence-corrected chi connectivity index (χ2v) is 4.67. The number of carbonyl (C=O) groups is 1. The third-order valence-electron chi connectivity index (χ3n) is 3.38. The van der Waals surface area contributed by atoms with Gasteiger partial charge in [0.1, 0.15) is 6.04 Å². The molecule has 1 aliphatic heterocycles. The van der Waals surface area contributed by atoms with E-state index in [-0.39, 0.29) is 11.9 Å². The van der Waals surface area contributed by atoms with Crippen LogP contribution in [0.2, 0.25) is 0 Å². The van der Waals surface area contributed by atoms with Crippen molar-refractivity contribution in [3.8, 4) is 0 Å². The van der Waals surface area contributed by atoms with Crippen LogP contribution in [0.1, 0.15) is 18.6 Å². The topological polar surface area (TPSA) is 61.8 Å². The van der Waals surface area contributed by atoms with E-state index in [1.165, 1.54) is 0 Å². The standard InChI is InChI=1S/C14H20N2O3/c1-10(17)11-3-5-12(6-4-11)16-7-8-19-9-13(16)14(18)15-2/h3-6,10,13,17H,7-9H2,1-2H3,(H,15,18)/t10-,13?/m1/s1. The fourth-order valence-corrected chi connectivity index (χ4v) is 2.24. The zero-order chi connectivity index (χ0) is 13.8. The molecule has 1 fully saturated rings. The van der Waals surface area contributed by atoms with Gasteiger partial charge in [-0.05, 0) is 24.6 Å². The van der Waals surface area contributed by atoms with E-state index < -0.39 is 6.10 Å². The highest BCUT2D eigenvalue weighted by Gasteiger charge is 2.28. The number of likely N-dealkylation sites (N-methyl/N-ethyl adjacent to an activating group) is 1. The minimum Gasteiger partial charge on any atom is -0.389 e. The average Bonchev–Trinajstić information content (AvgIpc) is 2.46. The normalized spacial score (nSPS) is 21.0. The highest BCUT2D eigenvalue weighted by Crippen LogP contribution is 2.22. The molecule has 0 spiro atoms. The Hall–Kier alpha value is -1.59. The molecule has 5 nitrogen and oxygen atoms in total. The van der Waals surface area contributed by atoms with Gasteiger partial charge in [-0.1, -0.05) is 12.1 Å². The first-order chi connectivity index (χ1) is 9.13. The van der Waals surface area contributed by atoms with Gasteiger partial charge in [-0.2, -0.15) is 0 Å². The number of morpholine rings is 1. The first-order valence-corrected chi connectivity index (χ1v) is 6.47. The van der Waals surface area contributed by atoms with E-state index in [0.29, 0.717) is 19.8 Å². The summed E-state index contributed by atoms with van der Waals surface area (Å²) in [4.78, 5) is 13.9. The molecule has 1 aromatic rings. The number of amides is 1. The molecule has 1 aliphatic rings. The SMILES string of the molecule is CNC(=O)C1COCCN1c1ccc([C@@H](C)O)cc1. The molecule has 1 heterocycles. The molecule has 1 unspecified atom stereocenters. The molecule has 104 valence electrons. The van der Waals surface area contributed by atoms with Crippen molar-refractivity contribution in [1.82, 2.24) is 5.32 Å². The molecule has 1 saturated heterocycles. The van der Waals surface area contributed by atoms with Crippen LogP contribution in [0, 0.1) is 0 Å². The lowest BCUT2D eigenvalue weighted by atomic mass is 10.1. The van der Waals surface area contributed by atoms with Crippen molar-refractivity contribution >= 4 is 11.6 Å². The molecule has 1 aromatic carbocycles. The Morgan fingerprint density at radius 1 is 1.47 bits per heavy atom. The average molecular weight is 264 g/mol. The van der Waals surface area contributed by atoms with Gasteiger partial charge in [-0.25, -0.2) is 0 Å². The lowest BCUT2D eigenvalue weighted by Gasteiger charge is -2.36. The van der Waals surface area contributed by atoms with E-state index in [1.54, 1.807) is 14.0 Å². The van der Waals surface area contributed by atoms with Gasteiger partial charge >= 0.3 is 0 Å². The van der Waals surface area contributed by atoms with Gasteiger partial charge in [-0.3, -0.25) is 4.79 Å². The number of ether oxygens (including phenoxy) is 1. The van der Waals surface area contributed by atoms with Crippen LogP contribution in [-0.4, -0.2) is 43.9 Å². The quantitative estimate of drug-likeness (QED) is 0.843. The molecule has 5 heteroatoms. The fraction of sp³-hybridized carbons (Fsp3) is 0.500. The molecule has 1 amide bonds. The molecule has 2 atom stereocenters. The monoisotopic (exact) mass is 264 g/mol. The van der Waals surface area contributed by atoms with Crippen LogP contribution in [0.15, 0.2) is 24.3 Å². The summed E-state index contributed by atoms with van der Waals surface area (Å²) in [7, 11) is 1.63. The number of aliphatic hydroxyl groups excluding tert-OH is 1. The van der Waals surface area contributed by atoms with Crippen molar-refractivity contribution in [2.45, 2.75) is 19.1 Å². The lowest BCUT2D eigenvalue weighted by Crippen LogP contribution is -2.53. The van der Waals surface area contributed by atoms with Crippen molar-refractivity contribution in [3.05, 3.63) is 29.8 Å². The van der Waals surface area contributed by atoms with E-state index >= 15 is 0 Å². The van der Waals surface area contributed by atoms with Crippen molar-refractivity contribution in [1.29, 1.82) is 0 Å². The first kappa shape index (κ1) is 13.8. The Labute approximate surface area is 113 Å². The largest absolute Gasteiger partial charge is 0.389 e. The maximum atomic E-state index is 11.9. The van der Waals surface area contributed by atoms with Crippen LogP contribution in [0.4, 0.5) is 5.69 Å². The second kappa shape index (κ2) is 6.04. The number of anilines is 1. The molecular formula is C14H20N2O3. The minimum absolute atomic E-state index is 0.0423. The second-order valence-electron chi connectivity index (χ2n) is 4.67. The van der Waals surface area contributed by atoms with E-state index in [0.717, 1.165) is 11.3 Å². The number of carbonyl (C=O) groups excluding carboxylic acids is 1. The fourth-order valence-electron chi connectivity index (χ4n) is 2.24. The number of nitrogens with zero attached hydrogens (tertiary/aromatic N) is 1. The van der Waals surface area contributed by atoms with Crippen LogP contribution < -0.4 is 10.2 Å². The Bertz CT molecular complexity index is 431. The van der Waals surface area contributed by atoms with Gasteiger partial charge in [-0.15, -0.1) is 0 Å². The Morgan fingerprint density at radius 3 is 2.74 bits per heavy atom. The van der Waals surface area contributed by atoms with Crippen LogP contribution in [0.5, 0.6) is 0 Å². The molecule has 2 rings (SSSR count). The van der Waals surface area contributed by atoms with Gasteiger partial charge < -0.3 is 20.1 Å². The van der Waals surface area contributed by atoms with E-state index in [2.05, 4.69) is 5.32 Å². The zero-order valence-corrected chi connectivity index (χ0v) is 11.3. The van der Waals surface area contributed by atoms with Crippen molar-refractivity contribution in [3.63, 3.8) is 0 Å².